The first kappa shape index (κ1) is 16.8. The lowest BCUT2D eigenvalue weighted by molar-refractivity contribution is -0.110. The molecular formula is C18H20N2O3S. The van der Waals surface area contributed by atoms with Gasteiger partial charge in [-0.15, -0.1) is 6.58 Å². The number of hydrogen-bond donors (Lipinski definition) is 1. The molecule has 0 spiro atoms. The quantitative estimate of drug-likeness (QED) is 0.664. The Kier molecular flexibility index (Phi) is 4.80. The lowest BCUT2D eigenvalue weighted by Gasteiger charge is -2.32. The Morgan fingerprint density at radius 2 is 1.96 bits per heavy atom. The number of sulfonamides is 1. The Labute approximate surface area is 142 Å². The van der Waals surface area contributed by atoms with Crippen LogP contribution in [-0.2, 0) is 14.8 Å². The van der Waals surface area contributed by atoms with Crippen LogP contribution >= 0.6 is 0 Å². The number of rotatable bonds is 5. The number of carbonyl (C=O) groups excluding carboxylic acids is 1. The van der Waals surface area contributed by atoms with Gasteiger partial charge in [-0.3, -0.25) is 0 Å². The van der Waals surface area contributed by atoms with Crippen LogP contribution in [0.4, 0.5) is 0 Å². The summed E-state index contributed by atoms with van der Waals surface area (Å²) in [5.41, 5.74) is 0.685. The summed E-state index contributed by atoms with van der Waals surface area (Å²) in [4.78, 5) is 11.0. The van der Waals surface area contributed by atoms with Gasteiger partial charge >= 0.3 is 0 Å². The zero-order valence-corrected chi connectivity index (χ0v) is 14.1. The van der Waals surface area contributed by atoms with Crippen molar-refractivity contribution >= 4 is 27.1 Å². The third-order valence-corrected chi connectivity index (χ3v) is 6.49. The van der Waals surface area contributed by atoms with Crippen LogP contribution in [0.5, 0.6) is 0 Å². The van der Waals surface area contributed by atoms with Crippen LogP contribution < -0.4 is 5.32 Å². The highest BCUT2D eigenvalue weighted by molar-refractivity contribution is 7.89. The number of nitrogens with one attached hydrogen (secondary N) is 1. The normalized spacial score (nSPS) is 20.6. The molecule has 2 unspecified atom stereocenters. The number of nitrogens with zero attached hydrogens (tertiary/aromatic N) is 1. The molecule has 2 aromatic carbocycles. The minimum atomic E-state index is -3.62. The van der Waals surface area contributed by atoms with Gasteiger partial charge in [-0.25, -0.2) is 8.42 Å². The number of carbonyl (C=O) groups is 1. The zero-order valence-electron chi connectivity index (χ0n) is 13.3. The van der Waals surface area contributed by atoms with Gasteiger partial charge in [-0.1, -0.05) is 42.5 Å². The van der Waals surface area contributed by atoms with Crippen molar-refractivity contribution in [3.63, 3.8) is 0 Å². The second kappa shape index (κ2) is 6.84. The molecule has 3 rings (SSSR count). The molecule has 24 heavy (non-hydrogen) atoms. The van der Waals surface area contributed by atoms with E-state index in [2.05, 4.69) is 11.9 Å². The van der Waals surface area contributed by atoms with Crippen LogP contribution in [-0.4, -0.2) is 44.7 Å². The van der Waals surface area contributed by atoms with E-state index in [9.17, 15) is 13.2 Å². The van der Waals surface area contributed by atoms with Crippen molar-refractivity contribution in [3.05, 3.63) is 60.7 Å². The summed E-state index contributed by atoms with van der Waals surface area (Å²) >= 11 is 0. The number of hydrogen-bond acceptors (Lipinski definition) is 4. The number of benzene rings is 2. The lowest BCUT2D eigenvalue weighted by Crippen LogP contribution is -2.53. The minimum Gasteiger partial charge on any atom is -0.305 e. The maximum atomic E-state index is 13.0. The Morgan fingerprint density at radius 1 is 1.21 bits per heavy atom. The highest BCUT2D eigenvalue weighted by Gasteiger charge is 2.34. The van der Waals surface area contributed by atoms with Crippen LogP contribution in [0.15, 0.2) is 55.1 Å². The molecule has 0 aromatic heterocycles. The molecule has 126 valence electrons. The Morgan fingerprint density at radius 3 is 2.67 bits per heavy atom. The number of piperazine rings is 1. The van der Waals surface area contributed by atoms with Gasteiger partial charge in [0.25, 0.3) is 0 Å². The summed E-state index contributed by atoms with van der Waals surface area (Å²) in [6.07, 6.45) is 2.21. The highest BCUT2D eigenvalue weighted by atomic mass is 32.2. The molecule has 1 aliphatic rings. The van der Waals surface area contributed by atoms with E-state index in [4.69, 9.17) is 0 Å². The molecule has 2 atom stereocenters. The van der Waals surface area contributed by atoms with Crippen molar-refractivity contribution < 1.29 is 13.2 Å². The molecule has 0 bridgehead atoms. The molecule has 5 nitrogen and oxygen atoms in total. The standard InChI is InChI=1S/C18H20N2O3S/c1-2-18(16-8-7-14-5-3-4-6-15(14)11-16)24(22,23)20-10-9-19-17(12-20)13-21/h2-8,11,13,17-19H,1,9-10,12H2. The molecule has 1 N–H and O–H groups in total. The van der Waals surface area contributed by atoms with Crippen LogP contribution in [0.25, 0.3) is 10.8 Å². The molecule has 1 aliphatic heterocycles. The van der Waals surface area contributed by atoms with Gasteiger partial charge in [-0.05, 0) is 22.4 Å². The smallest absolute Gasteiger partial charge is 0.224 e. The van der Waals surface area contributed by atoms with Crippen LogP contribution in [0.1, 0.15) is 10.8 Å². The van der Waals surface area contributed by atoms with Crippen LogP contribution in [0.2, 0.25) is 0 Å². The van der Waals surface area contributed by atoms with Gasteiger partial charge in [-0.2, -0.15) is 4.31 Å². The van der Waals surface area contributed by atoms with Gasteiger partial charge in [0.2, 0.25) is 10.0 Å². The van der Waals surface area contributed by atoms with E-state index in [0.29, 0.717) is 18.7 Å². The number of aldehydes is 1. The van der Waals surface area contributed by atoms with E-state index in [0.717, 1.165) is 17.1 Å². The van der Waals surface area contributed by atoms with Crippen molar-refractivity contribution in [2.24, 2.45) is 0 Å². The summed E-state index contributed by atoms with van der Waals surface area (Å²) in [5.74, 6) is 0. The molecule has 6 heteroatoms. The largest absolute Gasteiger partial charge is 0.305 e. The Bertz CT molecular complexity index is 863. The molecule has 2 aromatic rings. The van der Waals surface area contributed by atoms with Gasteiger partial charge in [0, 0.05) is 19.6 Å². The van der Waals surface area contributed by atoms with Crippen LogP contribution in [0, 0.1) is 0 Å². The fraction of sp³-hybridized carbons (Fsp3) is 0.278. The van der Waals surface area contributed by atoms with E-state index in [1.54, 1.807) is 0 Å². The van der Waals surface area contributed by atoms with Gasteiger partial charge in [0.05, 0.1) is 6.04 Å². The molecule has 0 saturated carbocycles. The second-order valence-corrected chi connectivity index (χ2v) is 7.92. The van der Waals surface area contributed by atoms with Crippen LogP contribution in [0.3, 0.4) is 0 Å². The molecule has 1 saturated heterocycles. The molecule has 0 radical (unpaired) electrons. The SMILES string of the molecule is C=CC(c1ccc2ccccc2c1)S(=O)(=O)N1CCNC(C=O)C1. The summed E-state index contributed by atoms with van der Waals surface area (Å²) < 4.78 is 27.4. The average molecular weight is 344 g/mol. The second-order valence-electron chi connectivity index (χ2n) is 5.86. The van der Waals surface area contributed by atoms with Crippen molar-refractivity contribution in [1.29, 1.82) is 0 Å². The topological polar surface area (TPSA) is 66.5 Å². The Hall–Kier alpha value is -2.02. The maximum Gasteiger partial charge on any atom is 0.224 e. The first-order valence-electron chi connectivity index (χ1n) is 7.85. The molecule has 0 amide bonds. The summed E-state index contributed by atoms with van der Waals surface area (Å²) in [7, 11) is -3.62. The van der Waals surface area contributed by atoms with Gasteiger partial charge in [0.1, 0.15) is 11.5 Å². The molecule has 1 heterocycles. The zero-order chi connectivity index (χ0) is 17.2. The van der Waals surface area contributed by atoms with E-state index in [1.807, 2.05) is 42.5 Å². The molecular weight excluding hydrogens is 324 g/mol. The first-order valence-corrected chi connectivity index (χ1v) is 9.35. The minimum absolute atomic E-state index is 0.157. The van der Waals surface area contributed by atoms with Gasteiger partial charge < -0.3 is 10.1 Å². The van der Waals surface area contributed by atoms with E-state index >= 15 is 0 Å². The van der Waals surface area contributed by atoms with Crippen molar-refractivity contribution in [2.75, 3.05) is 19.6 Å². The highest BCUT2D eigenvalue weighted by Crippen LogP contribution is 2.29. The summed E-state index contributed by atoms with van der Waals surface area (Å²) in [5, 5.41) is 4.21. The third kappa shape index (κ3) is 3.13. The fourth-order valence-electron chi connectivity index (χ4n) is 3.05. The maximum absolute atomic E-state index is 13.0. The molecule has 0 aliphatic carbocycles. The van der Waals surface area contributed by atoms with E-state index in [1.165, 1.54) is 10.4 Å². The fourth-order valence-corrected chi connectivity index (χ4v) is 4.82. The predicted molar refractivity (Wildman–Crippen MR) is 95.2 cm³/mol. The van der Waals surface area contributed by atoms with E-state index in [-0.39, 0.29) is 6.54 Å². The summed E-state index contributed by atoms with van der Waals surface area (Å²) in [6, 6.07) is 13.0. The van der Waals surface area contributed by atoms with E-state index < -0.39 is 21.3 Å². The lowest BCUT2D eigenvalue weighted by atomic mass is 10.1. The predicted octanol–water partition coefficient (Wildman–Crippen LogP) is 1.87. The first-order chi connectivity index (χ1) is 11.6. The Balaban J connectivity index is 1.96. The third-order valence-electron chi connectivity index (χ3n) is 4.33. The molecule has 1 fully saturated rings. The van der Waals surface area contributed by atoms with Gasteiger partial charge in [0.15, 0.2) is 0 Å². The number of fused-ring (bicyclic) bond motifs is 1. The average Bonchev–Trinajstić information content (AvgIpc) is 2.62. The van der Waals surface area contributed by atoms with Crippen molar-refractivity contribution in [2.45, 2.75) is 11.3 Å². The monoisotopic (exact) mass is 344 g/mol. The van der Waals surface area contributed by atoms with Crippen molar-refractivity contribution in [3.8, 4) is 0 Å². The van der Waals surface area contributed by atoms with Crippen molar-refractivity contribution in [1.82, 2.24) is 9.62 Å². The summed E-state index contributed by atoms with van der Waals surface area (Å²) in [6.45, 7) is 4.70.